The van der Waals surface area contributed by atoms with E-state index >= 15 is 0 Å². The third kappa shape index (κ3) is 5.70. The lowest BCUT2D eigenvalue weighted by Crippen LogP contribution is -2.38. The number of hydrogen-bond acceptors (Lipinski definition) is 8. The minimum Gasteiger partial charge on any atom is -0.457 e. The van der Waals surface area contributed by atoms with Crippen LogP contribution in [0.25, 0.3) is 10.2 Å². The summed E-state index contributed by atoms with van der Waals surface area (Å²) >= 11 is 1.51. The average molecular weight is 544 g/mol. The van der Waals surface area contributed by atoms with Gasteiger partial charge in [-0.15, -0.1) is 11.3 Å². The molecular formula is C29H29N5O4S. The van der Waals surface area contributed by atoms with Gasteiger partial charge in [-0.05, 0) is 72.3 Å². The maximum atomic E-state index is 12.6. The minimum atomic E-state index is -0.382. The van der Waals surface area contributed by atoms with E-state index in [4.69, 9.17) is 14.5 Å². The maximum absolute atomic E-state index is 12.6. The zero-order chi connectivity index (χ0) is 27.5. The van der Waals surface area contributed by atoms with Gasteiger partial charge in [-0.1, -0.05) is 32.6 Å². The molecule has 3 heterocycles. The fourth-order valence-corrected chi connectivity index (χ4v) is 5.10. The summed E-state index contributed by atoms with van der Waals surface area (Å²) in [7, 11) is 0. The van der Waals surface area contributed by atoms with Gasteiger partial charge in [0.15, 0.2) is 5.82 Å². The summed E-state index contributed by atoms with van der Waals surface area (Å²) in [4.78, 5) is 35.2. The number of nitrogens with one attached hydrogen (secondary N) is 2. The third-order valence-corrected chi connectivity index (χ3v) is 7.36. The molecule has 4 aromatic rings. The van der Waals surface area contributed by atoms with Crippen molar-refractivity contribution < 1.29 is 19.1 Å². The van der Waals surface area contributed by atoms with Crippen LogP contribution < -0.4 is 20.3 Å². The van der Waals surface area contributed by atoms with Crippen LogP contribution in [-0.4, -0.2) is 34.6 Å². The minimum absolute atomic E-state index is 0.0855. The molecule has 1 fully saturated rings. The van der Waals surface area contributed by atoms with Gasteiger partial charge in [0.1, 0.15) is 18.1 Å². The zero-order valence-corrected chi connectivity index (χ0v) is 22.7. The number of cyclic esters (lactones) is 1. The molecule has 2 amide bonds. The molecule has 1 saturated heterocycles. The van der Waals surface area contributed by atoms with Gasteiger partial charge in [-0.2, -0.15) is 4.98 Å². The summed E-state index contributed by atoms with van der Waals surface area (Å²) in [6.07, 6.45) is 0.840. The van der Waals surface area contributed by atoms with E-state index in [0.717, 1.165) is 15.8 Å². The quantitative estimate of drug-likeness (QED) is 0.225. The Bertz CT molecular complexity index is 1500. The largest absolute Gasteiger partial charge is 0.457 e. The van der Waals surface area contributed by atoms with Crippen molar-refractivity contribution in [1.29, 1.82) is 0 Å². The SMILES string of the molecule is C=CC(=O)Nc1ccc(Oc2ccc([C@H](C)Nc3nc(N4C(=O)OC[C@@H]4C(C)C)c4sccc4n3)cc2)cc1. The molecule has 0 saturated carbocycles. The molecule has 2 atom stereocenters. The lowest BCUT2D eigenvalue weighted by molar-refractivity contribution is -0.111. The highest BCUT2D eigenvalue weighted by Gasteiger charge is 2.38. The van der Waals surface area contributed by atoms with Crippen LogP contribution in [0.15, 0.2) is 72.6 Å². The second-order valence-electron chi connectivity index (χ2n) is 9.52. The molecule has 0 radical (unpaired) electrons. The van der Waals surface area contributed by atoms with Crippen molar-refractivity contribution in [1.82, 2.24) is 9.97 Å². The van der Waals surface area contributed by atoms with Crippen LogP contribution in [0.1, 0.15) is 32.4 Å². The number of nitrogens with zero attached hydrogens (tertiary/aromatic N) is 3. The number of hydrogen-bond donors (Lipinski definition) is 2. The number of aromatic nitrogens is 2. The van der Waals surface area contributed by atoms with Gasteiger partial charge < -0.3 is 20.1 Å². The summed E-state index contributed by atoms with van der Waals surface area (Å²) in [5.41, 5.74) is 2.46. The molecule has 1 aliphatic heterocycles. The molecule has 0 aliphatic carbocycles. The Morgan fingerprint density at radius 1 is 1.10 bits per heavy atom. The van der Waals surface area contributed by atoms with Gasteiger partial charge in [0.05, 0.1) is 22.3 Å². The van der Waals surface area contributed by atoms with E-state index in [-0.39, 0.29) is 30.0 Å². The first-order chi connectivity index (χ1) is 18.8. The summed E-state index contributed by atoms with van der Waals surface area (Å²) in [5.74, 6) is 2.29. The predicted octanol–water partition coefficient (Wildman–Crippen LogP) is 6.76. The molecule has 200 valence electrons. The summed E-state index contributed by atoms with van der Waals surface area (Å²) in [6.45, 7) is 9.95. The lowest BCUT2D eigenvalue weighted by atomic mass is 10.0. The van der Waals surface area contributed by atoms with Crippen LogP contribution in [0.5, 0.6) is 11.5 Å². The number of thiophene rings is 1. The molecule has 5 rings (SSSR count). The lowest BCUT2D eigenvalue weighted by Gasteiger charge is -2.24. The van der Waals surface area contributed by atoms with Crippen molar-refractivity contribution >= 4 is 51.0 Å². The van der Waals surface area contributed by atoms with Crippen LogP contribution in [0.3, 0.4) is 0 Å². The van der Waals surface area contributed by atoms with Crippen molar-refractivity contribution in [2.24, 2.45) is 5.92 Å². The van der Waals surface area contributed by atoms with E-state index in [0.29, 0.717) is 35.6 Å². The van der Waals surface area contributed by atoms with Crippen molar-refractivity contribution in [2.75, 3.05) is 22.1 Å². The van der Waals surface area contributed by atoms with Crippen molar-refractivity contribution in [3.63, 3.8) is 0 Å². The first-order valence-electron chi connectivity index (χ1n) is 12.6. The molecule has 0 unspecified atom stereocenters. The molecule has 9 nitrogen and oxygen atoms in total. The smallest absolute Gasteiger partial charge is 0.415 e. The highest BCUT2D eigenvalue weighted by atomic mass is 32.1. The molecule has 2 N–H and O–H groups in total. The third-order valence-electron chi connectivity index (χ3n) is 6.46. The van der Waals surface area contributed by atoms with E-state index in [1.165, 1.54) is 17.4 Å². The van der Waals surface area contributed by atoms with Crippen molar-refractivity contribution in [3.05, 3.63) is 78.2 Å². The maximum Gasteiger partial charge on any atom is 0.415 e. The van der Waals surface area contributed by atoms with Crippen molar-refractivity contribution in [2.45, 2.75) is 32.9 Å². The number of fused-ring (bicyclic) bond motifs is 1. The van der Waals surface area contributed by atoms with Crippen LogP contribution in [0.2, 0.25) is 0 Å². The van der Waals surface area contributed by atoms with Gasteiger partial charge in [0.25, 0.3) is 0 Å². The summed E-state index contributed by atoms with van der Waals surface area (Å²) in [5, 5.41) is 8.03. The molecule has 2 aromatic heterocycles. The molecule has 0 bridgehead atoms. The van der Waals surface area contributed by atoms with Crippen LogP contribution >= 0.6 is 11.3 Å². The Labute approximate surface area is 230 Å². The van der Waals surface area contributed by atoms with E-state index in [1.807, 2.05) is 42.6 Å². The van der Waals surface area contributed by atoms with Crippen molar-refractivity contribution in [3.8, 4) is 11.5 Å². The fraction of sp³-hybridized carbons (Fsp3) is 0.241. The Kier molecular flexibility index (Phi) is 7.47. The van der Waals surface area contributed by atoms with Gasteiger partial charge in [-0.3, -0.25) is 9.69 Å². The predicted molar refractivity (Wildman–Crippen MR) is 154 cm³/mol. The number of carbonyl (C=O) groups excluding carboxylic acids is 2. The Balaban J connectivity index is 1.30. The normalized spacial score (nSPS) is 15.7. The number of rotatable bonds is 9. The zero-order valence-electron chi connectivity index (χ0n) is 21.9. The monoisotopic (exact) mass is 543 g/mol. The molecule has 0 spiro atoms. The number of carbonyl (C=O) groups is 2. The fourth-order valence-electron chi connectivity index (χ4n) is 4.28. The highest BCUT2D eigenvalue weighted by Crippen LogP contribution is 2.35. The molecule has 10 heteroatoms. The molecule has 1 aliphatic rings. The van der Waals surface area contributed by atoms with Crippen LogP contribution in [0, 0.1) is 5.92 Å². The standard InChI is InChI=1S/C29H29N5O4S/c1-5-25(35)31-20-8-12-22(13-9-20)38-21-10-6-19(7-11-21)18(4)30-28-32-23-14-15-39-26(23)27(33-28)34-24(17(2)3)16-37-29(34)36/h5-15,17-18,24H,1,16H2,2-4H3,(H,31,35)(H,30,32,33)/t18-,24+/m0/s1. The first-order valence-corrected chi connectivity index (χ1v) is 13.5. The van der Waals surface area contributed by atoms with E-state index in [2.05, 4.69) is 36.0 Å². The van der Waals surface area contributed by atoms with E-state index in [9.17, 15) is 9.59 Å². The Morgan fingerprint density at radius 2 is 1.79 bits per heavy atom. The van der Waals surface area contributed by atoms with Crippen LogP contribution in [-0.2, 0) is 9.53 Å². The van der Waals surface area contributed by atoms with Crippen LogP contribution in [0.4, 0.5) is 22.2 Å². The average Bonchev–Trinajstić information content (AvgIpc) is 3.56. The number of benzene rings is 2. The van der Waals surface area contributed by atoms with Gasteiger partial charge in [0.2, 0.25) is 11.9 Å². The Morgan fingerprint density at radius 3 is 2.46 bits per heavy atom. The number of anilines is 3. The second-order valence-corrected chi connectivity index (χ2v) is 10.4. The number of ether oxygens (including phenoxy) is 2. The topological polar surface area (TPSA) is 106 Å². The highest BCUT2D eigenvalue weighted by molar-refractivity contribution is 7.17. The second kappa shape index (κ2) is 11.1. The van der Waals surface area contributed by atoms with Gasteiger partial charge >= 0.3 is 6.09 Å². The summed E-state index contributed by atoms with van der Waals surface area (Å²) in [6, 6.07) is 16.6. The molecule has 2 aromatic carbocycles. The number of amides is 2. The van der Waals surface area contributed by atoms with E-state index in [1.54, 1.807) is 29.2 Å². The van der Waals surface area contributed by atoms with Gasteiger partial charge in [0, 0.05) is 5.69 Å². The Hall–Kier alpha value is -4.44. The van der Waals surface area contributed by atoms with Gasteiger partial charge in [-0.25, -0.2) is 9.78 Å². The molecular weight excluding hydrogens is 514 g/mol. The molecule has 39 heavy (non-hydrogen) atoms. The first kappa shape index (κ1) is 26.2. The van der Waals surface area contributed by atoms with E-state index < -0.39 is 0 Å². The summed E-state index contributed by atoms with van der Waals surface area (Å²) < 4.78 is 12.2.